The molecule has 3 aromatic rings. The molecule has 3 rings (SSSR count). The van der Waals surface area contributed by atoms with E-state index in [9.17, 15) is 13.2 Å². The summed E-state index contributed by atoms with van der Waals surface area (Å²) in [7, 11) is -3.64. The number of hydrogen-bond acceptors (Lipinski definition) is 5. The number of benzene rings is 1. The van der Waals surface area contributed by atoms with Gasteiger partial charge in [-0.2, -0.15) is 0 Å². The molecule has 0 bridgehead atoms. The predicted octanol–water partition coefficient (Wildman–Crippen LogP) is 2.92. The molecule has 0 fully saturated rings. The van der Waals surface area contributed by atoms with Crippen LogP contribution in [-0.4, -0.2) is 25.9 Å². The van der Waals surface area contributed by atoms with Gasteiger partial charge in [0.05, 0.1) is 0 Å². The van der Waals surface area contributed by atoms with Crippen LogP contribution in [0, 0.1) is 0 Å². The van der Waals surface area contributed by atoms with Crippen molar-refractivity contribution in [1.82, 2.24) is 10.3 Å². The van der Waals surface area contributed by atoms with E-state index in [2.05, 4.69) is 15.0 Å². The highest BCUT2D eigenvalue weighted by Gasteiger charge is 2.16. The molecular formula is C18H17N3O3S2. The molecule has 0 saturated carbocycles. The van der Waals surface area contributed by atoms with E-state index in [0.29, 0.717) is 24.2 Å². The molecule has 0 spiro atoms. The minimum atomic E-state index is -3.64. The zero-order valence-corrected chi connectivity index (χ0v) is 15.4. The molecule has 1 aromatic carbocycles. The standard InChI is InChI=1S/C18H17N3O3S2/c22-18(20-10-8-14-4-2-9-19-13-14)15-5-1-6-16(12-15)21-26(23,24)17-7-3-11-25-17/h1-7,9,11-13,21H,8,10H2,(H,20,22). The molecule has 1 amide bonds. The first-order chi connectivity index (χ1) is 12.5. The van der Waals surface area contributed by atoms with Crippen LogP contribution < -0.4 is 10.0 Å². The van der Waals surface area contributed by atoms with Gasteiger partial charge in [0.15, 0.2) is 0 Å². The van der Waals surface area contributed by atoms with Gasteiger partial charge in [-0.05, 0) is 47.7 Å². The van der Waals surface area contributed by atoms with Crippen molar-refractivity contribution < 1.29 is 13.2 Å². The number of pyridine rings is 1. The van der Waals surface area contributed by atoms with Crippen LogP contribution in [0.25, 0.3) is 0 Å². The Balaban J connectivity index is 1.62. The Morgan fingerprint density at radius 1 is 1.12 bits per heavy atom. The number of hydrogen-bond donors (Lipinski definition) is 2. The van der Waals surface area contributed by atoms with Gasteiger partial charge in [-0.15, -0.1) is 11.3 Å². The lowest BCUT2D eigenvalue weighted by Gasteiger charge is -2.09. The maximum atomic E-state index is 12.3. The van der Waals surface area contributed by atoms with E-state index in [1.807, 2.05) is 12.1 Å². The smallest absolute Gasteiger partial charge is 0.271 e. The molecule has 26 heavy (non-hydrogen) atoms. The Labute approximate surface area is 156 Å². The monoisotopic (exact) mass is 387 g/mol. The second-order valence-corrected chi connectivity index (χ2v) is 8.34. The first-order valence-corrected chi connectivity index (χ1v) is 10.2. The van der Waals surface area contributed by atoms with E-state index in [4.69, 9.17) is 0 Å². The zero-order chi connectivity index (χ0) is 18.4. The Morgan fingerprint density at radius 3 is 2.73 bits per heavy atom. The summed E-state index contributed by atoms with van der Waals surface area (Å²) in [6, 6.07) is 13.4. The molecule has 0 aliphatic heterocycles. The molecule has 6 nitrogen and oxygen atoms in total. The third kappa shape index (κ3) is 4.68. The number of anilines is 1. The Kier molecular flexibility index (Phi) is 5.65. The van der Waals surface area contributed by atoms with Gasteiger partial charge in [0.1, 0.15) is 4.21 Å². The fourth-order valence-electron chi connectivity index (χ4n) is 2.31. The number of carbonyl (C=O) groups is 1. The van der Waals surface area contributed by atoms with Crippen LogP contribution in [0.4, 0.5) is 5.69 Å². The van der Waals surface area contributed by atoms with Gasteiger partial charge in [0, 0.05) is 30.2 Å². The minimum absolute atomic E-state index is 0.226. The Morgan fingerprint density at radius 2 is 2.00 bits per heavy atom. The number of sulfonamides is 1. The van der Waals surface area contributed by atoms with Gasteiger partial charge in [0.25, 0.3) is 15.9 Å². The number of nitrogens with one attached hydrogen (secondary N) is 2. The van der Waals surface area contributed by atoms with Crippen molar-refractivity contribution in [2.24, 2.45) is 0 Å². The number of aromatic nitrogens is 1. The van der Waals surface area contributed by atoms with Crippen molar-refractivity contribution >= 4 is 33.0 Å². The second kappa shape index (κ2) is 8.11. The number of nitrogens with zero attached hydrogens (tertiary/aromatic N) is 1. The van der Waals surface area contributed by atoms with Crippen molar-refractivity contribution in [2.75, 3.05) is 11.3 Å². The van der Waals surface area contributed by atoms with E-state index in [-0.39, 0.29) is 10.1 Å². The summed E-state index contributed by atoms with van der Waals surface area (Å²) in [6.45, 7) is 0.468. The number of rotatable bonds is 7. The molecule has 2 N–H and O–H groups in total. The van der Waals surface area contributed by atoms with E-state index in [1.165, 1.54) is 12.1 Å². The first kappa shape index (κ1) is 18.1. The summed E-state index contributed by atoms with van der Waals surface area (Å²) in [5.41, 5.74) is 1.77. The largest absolute Gasteiger partial charge is 0.352 e. The van der Waals surface area contributed by atoms with Gasteiger partial charge in [-0.3, -0.25) is 14.5 Å². The minimum Gasteiger partial charge on any atom is -0.352 e. The van der Waals surface area contributed by atoms with Crippen LogP contribution in [-0.2, 0) is 16.4 Å². The van der Waals surface area contributed by atoms with Crippen molar-refractivity contribution in [2.45, 2.75) is 10.6 Å². The van der Waals surface area contributed by atoms with Crippen LogP contribution in [0.2, 0.25) is 0 Å². The maximum Gasteiger partial charge on any atom is 0.271 e. The van der Waals surface area contributed by atoms with E-state index >= 15 is 0 Å². The van der Waals surface area contributed by atoms with Crippen LogP contribution >= 0.6 is 11.3 Å². The summed E-state index contributed by atoms with van der Waals surface area (Å²) in [4.78, 5) is 16.3. The van der Waals surface area contributed by atoms with Crippen LogP contribution in [0.3, 0.4) is 0 Å². The van der Waals surface area contributed by atoms with E-state index in [0.717, 1.165) is 16.9 Å². The van der Waals surface area contributed by atoms with E-state index in [1.54, 1.807) is 42.0 Å². The lowest BCUT2D eigenvalue weighted by Crippen LogP contribution is -2.25. The third-order valence-corrected chi connectivity index (χ3v) is 6.34. The zero-order valence-electron chi connectivity index (χ0n) is 13.8. The summed E-state index contributed by atoms with van der Waals surface area (Å²) in [5, 5.41) is 4.52. The molecule has 134 valence electrons. The fourth-order valence-corrected chi connectivity index (χ4v) is 4.36. The Bertz CT molecular complexity index is 972. The third-order valence-electron chi connectivity index (χ3n) is 3.56. The molecule has 0 aliphatic rings. The molecule has 0 unspecified atom stereocenters. The summed E-state index contributed by atoms with van der Waals surface area (Å²) >= 11 is 1.13. The van der Waals surface area contributed by atoms with Crippen molar-refractivity contribution in [3.8, 4) is 0 Å². The summed E-state index contributed by atoms with van der Waals surface area (Å²) in [5.74, 6) is -0.258. The molecular weight excluding hydrogens is 370 g/mol. The van der Waals surface area contributed by atoms with E-state index < -0.39 is 10.0 Å². The number of thiophene rings is 1. The average molecular weight is 387 g/mol. The molecule has 0 atom stereocenters. The molecule has 8 heteroatoms. The van der Waals surface area contributed by atoms with Crippen molar-refractivity contribution in [3.63, 3.8) is 0 Å². The quantitative estimate of drug-likeness (QED) is 0.652. The lowest BCUT2D eigenvalue weighted by atomic mass is 10.2. The Hall–Kier alpha value is -2.71. The van der Waals surface area contributed by atoms with Gasteiger partial charge in [0.2, 0.25) is 0 Å². The molecule has 0 radical (unpaired) electrons. The fraction of sp³-hybridized carbons (Fsp3) is 0.111. The van der Waals surface area contributed by atoms with Gasteiger partial charge in [-0.25, -0.2) is 8.42 Å². The van der Waals surface area contributed by atoms with Crippen LogP contribution in [0.15, 0.2) is 70.5 Å². The van der Waals surface area contributed by atoms with Gasteiger partial charge < -0.3 is 5.32 Å². The maximum absolute atomic E-state index is 12.3. The van der Waals surface area contributed by atoms with Gasteiger partial charge >= 0.3 is 0 Å². The lowest BCUT2D eigenvalue weighted by molar-refractivity contribution is 0.0954. The van der Waals surface area contributed by atoms with Crippen LogP contribution in [0.1, 0.15) is 15.9 Å². The summed E-state index contributed by atoms with van der Waals surface area (Å²) in [6.07, 6.45) is 4.13. The molecule has 0 saturated heterocycles. The molecule has 2 aromatic heterocycles. The normalized spacial score (nSPS) is 11.1. The highest BCUT2D eigenvalue weighted by Crippen LogP contribution is 2.20. The van der Waals surface area contributed by atoms with Gasteiger partial charge in [-0.1, -0.05) is 18.2 Å². The average Bonchev–Trinajstić information content (AvgIpc) is 3.18. The van der Waals surface area contributed by atoms with Crippen LogP contribution in [0.5, 0.6) is 0 Å². The van der Waals surface area contributed by atoms with Crippen molar-refractivity contribution in [1.29, 1.82) is 0 Å². The number of amides is 1. The topological polar surface area (TPSA) is 88.2 Å². The number of carbonyl (C=O) groups excluding carboxylic acids is 1. The second-order valence-electron chi connectivity index (χ2n) is 5.49. The van der Waals surface area contributed by atoms with Crippen molar-refractivity contribution in [3.05, 3.63) is 77.4 Å². The highest BCUT2D eigenvalue weighted by molar-refractivity contribution is 7.94. The SMILES string of the molecule is O=C(NCCc1cccnc1)c1cccc(NS(=O)(=O)c2cccs2)c1. The molecule has 0 aliphatic carbocycles. The first-order valence-electron chi connectivity index (χ1n) is 7.88. The molecule has 2 heterocycles. The predicted molar refractivity (Wildman–Crippen MR) is 102 cm³/mol. The summed E-state index contributed by atoms with van der Waals surface area (Å²) < 4.78 is 27.2. The highest BCUT2D eigenvalue weighted by atomic mass is 32.2.